The normalized spacial score (nSPS) is 12.0. The lowest BCUT2D eigenvalue weighted by Gasteiger charge is -2.11. The second kappa shape index (κ2) is 8.73. The fourth-order valence-electron chi connectivity index (χ4n) is 2.36. The van der Waals surface area contributed by atoms with E-state index in [1.165, 1.54) is 11.8 Å². The molecule has 0 aliphatic rings. The minimum atomic E-state index is -0.596. The van der Waals surface area contributed by atoms with Gasteiger partial charge in [-0.3, -0.25) is 0 Å². The van der Waals surface area contributed by atoms with Gasteiger partial charge >= 0.3 is 0 Å². The van der Waals surface area contributed by atoms with Crippen LogP contribution in [0.1, 0.15) is 0 Å². The van der Waals surface area contributed by atoms with Crippen LogP contribution in [0.15, 0.2) is 59.8 Å². The third-order valence-electron chi connectivity index (χ3n) is 3.77. The van der Waals surface area contributed by atoms with E-state index in [-0.39, 0.29) is 6.61 Å². The fourth-order valence-corrected chi connectivity index (χ4v) is 3.18. The Morgan fingerprint density at radius 3 is 2.46 bits per heavy atom. The number of methoxy groups -OCH3 is 1. The molecule has 136 valence electrons. The zero-order valence-corrected chi connectivity index (χ0v) is 15.5. The highest BCUT2D eigenvalue weighted by atomic mass is 32.2. The van der Waals surface area contributed by atoms with Crippen molar-refractivity contribution in [3.05, 3.63) is 54.6 Å². The van der Waals surface area contributed by atoms with Crippen LogP contribution in [0, 0.1) is 0 Å². The van der Waals surface area contributed by atoms with Gasteiger partial charge in [0.15, 0.2) is 11.0 Å². The molecule has 0 fully saturated rings. The first-order valence-electron chi connectivity index (χ1n) is 8.20. The smallest absolute Gasteiger partial charge is 0.191 e. The van der Waals surface area contributed by atoms with Crippen molar-refractivity contribution < 1.29 is 14.6 Å². The summed E-state index contributed by atoms with van der Waals surface area (Å²) in [4.78, 5) is 0. The quantitative estimate of drug-likeness (QED) is 0.614. The number of nitrogens with zero attached hydrogens (tertiary/aromatic N) is 3. The molecular formula is C19H21N3O3S. The van der Waals surface area contributed by atoms with E-state index in [0.717, 1.165) is 28.0 Å². The Labute approximate surface area is 156 Å². The molecule has 2 aromatic carbocycles. The van der Waals surface area contributed by atoms with Crippen LogP contribution in [0.2, 0.25) is 0 Å². The zero-order valence-electron chi connectivity index (χ0n) is 14.7. The molecule has 26 heavy (non-hydrogen) atoms. The molecule has 1 aromatic heterocycles. The number of aliphatic hydroxyl groups is 1. The van der Waals surface area contributed by atoms with Crippen molar-refractivity contribution in [2.45, 2.75) is 11.3 Å². The second-order valence-electron chi connectivity index (χ2n) is 5.68. The third-order valence-corrected chi connectivity index (χ3v) is 4.94. The summed E-state index contributed by atoms with van der Waals surface area (Å²) in [5, 5.41) is 19.3. The van der Waals surface area contributed by atoms with Crippen molar-refractivity contribution in [3.8, 4) is 22.9 Å². The highest BCUT2D eigenvalue weighted by molar-refractivity contribution is 7.99. The van der Waals surface area contributed by atoms with Crippen LogP contribution in [0.25, 0.3) is 11.4 Å². The molecule has 0 saturated heterocycles. The monoisotopic (exact) mass is 371 g/mol. The Kier molecular flexibility index (Phi) is 6.14. The van der Waals surface area contributed by atoms with Crippen LogP contribution >= 0.6 is 11.8 Å². The average Bonchev–Trinajstić information content (AvgIpc) is 3.06. The summed E-state index contributed by atoms with van der Waals surface area (Å²) in [5.41, 5.74) is 0.959. The van der Waals surface area contributed by atoms with E-state index < -0.39 is 6.10 Å². The maximum absolute atomic E-state index is 10.1. The largest absolute Gasteiger partial charge is 0.497 e. The predicted molar refractivity (Wildman–Crippen MR) is 102 cm³/mol. The maximum Gasteiger partial charge on any atom is 0.191 e. The SMILES string of the molecule is COc1ccc(-c2nnc(SC[C@@H](O)COc3ccccc3)n2C)cc1. The van der Waals surface area contributed by atoms with Gasteiger partial charge in [-0.05, 0) is 36.4 Å². The third kappa shape index (κ3) is 4.56. The second-order valence-corrected chi connectivity index (χ2v) is 6.67. The lowest BCUT2D eigenvalue weighted by molar-refractivity contribution is 0.126. The standard InChI is InChI=1S/C19H21N3O3S/c1-22-18(14-8-10-16(24-2)11-9-14)20-21-19(22)26-13-15(23)12-25-17-6-4-3-5-7-17/h3-11,15,23H,12-13H2,1-2H3/t15-/m0/s1. The molecule has 0 aliphatic carbocycles. The molecule has 7 heteroatoms. The highest BCUT2D eigenvalue weighted by Gasteiger charge is 2.14. The first-order valence-corrected chi connectivity index (χ1v) is 9.18. The molecule has 3 aromatic rings. The van der Waals surface area contributed by atoms with Gasteiger partial charge in [-0.15, -0.1) is 10.2 Å². The van der Waals surface area contributed by atoms with Gasteiger partial charge in [0.2, 0.25) is 0 Å². The maximum atomic E-state index is 10.1. The van der Waals surface area contributed by atoms with Crippen LogP contribution in [-0.2, 0) is 7.05 Å². The molecule has 1 atom stereocenters. The lowest BCUT2D eigenvalue weighted by Crippen LogP contribution is -2.20. The number of hydrogen-bond acceptors (Lipinski definition) is 6. The summed E-state index contributed by atoms with van der Waals surface area (Å²) in [6, 6.07) is 17.1. The summed E-state index contributed by atoms with van der Waals surface area (Å²) in [7, 11) is 3.55. The number of rotatable bonds is 8. The number of hydrogen-bond donors (Lipinski definition) is 1. The molecular weight excluding hydrogens is 350 g/mol. The summed E-state index contributed by atoms with van der Waals surface area (Å²) < 4.78 is 12.7. The van der Waals surface area contributed by atoms with E-state index in [0.29, 0.717) is 5.75 Å². The number of aromatic nitrogens is 3. The molecule has 6 nitrogen and oxygen atoms in total. The van der Waals surface area contributed by atoms with Crippen molar-refractivity contribution in [3.63, 3.8) is 0 Å². The first kappa shape index (κ1) is 18.3. The van der Waals surface area contributed by atoms with E-state index in [2.05, 4.69) is 10.2 Å². The van der Waals surface area contributed by atoms with Gasteiger partial charge in [0.05, 0.1) is 13.2 Å². The summed E-state index contributed by atoms with van der Waals surface area (Å²) in [6.45, 7) is 0.236. The Bertz CT molecular complexity index is 822. The van der Waals surface area contributed by atoms with Crippen molar-refractivity contribution in [1.29, 1.82) is 0 Å². The number of ether oxygens (including phenoxy) is 2. The molecule has 0 spiro atoms. The molecule has 0 unspecified atom stereocenters. The van der Waals surface area contributed by atoms with E-state index in [9.17, 15) is 5.11 Å². The van der Waals surface area contributed by atoms with E-state index >= 15 is 0 Å². The van der Waals surface area contributed by atoms with Gasteiger partial charge in [-0.2, -0.15) is 0 Å². The number of benzene rings is 2. The first-order chi connectivity index (χ1) is 12.7. The zero-order chi connectivity index (χ0) is 18.4. The van der Waals surface area contributed by atoms with Crippen molar-refractivity contribution in [2.24, 2.45) is 7.05 Å². The van der Waals surface area contributed by atoms with Crippen LogP contribution in [0.3, 0.4) is 0 Å². The molecule has 0 saturated carbocycles. The number of thioether (sulfide) groups is 1. The number of para-hydroxylation sites is 1. The summed E-state index contributed by atoms with van der Waals surface area (Å²) in [5.74, 6) is 2.79. The van der Waals surface area contributed by atoms with Gasteiger partial charge in [0.25, 0.3) is 0 Å². The fraction of sp³-hybridized carbons (Fsp3) is 0.263. The van der Waals surface area contributed by atoms with Crippen molar-refractivity contribution in [1.82, 2.24) is 14.8 Å². The van der Waals surface area contributed by atoms with Gasteiger partial charge < -0.3 is 19.1 Å². The van der Waals surface area contributed by atoms with Crippen molar-refractivity contribution >= 4 is 11.8 Å². The van der Waals surface area contributed by atoms with Crippen LogP contribution in [0.4, 0.5) is 0 Å². The van der Waals surface area contributed by atoms with E-state index in [1.807, 2.05) is 66.2 Å². The Morgan fingerprint density at radius 1 is 1.04 bits per heavy atom. The Morgan fingerprint density at radius 2 is 1.77 bits per heavy atom. The van der Waals surface area contributed by atoms with Crippen LogP contribution < -0.4 is 9.47 Å². The van der Waals surface area contributed by atoms with E-state index in [1.54, 1.807) is 7.11 Å². The van der Waals surface area contributed by atoms with Gasteiger partial charge in [0.1, 0.15) is 18.1 Å². The van der Waals surface area contributed by atoms with Crippen molar-refractivity contribution in [2.75, 3.05) is 19.5 Å². The van der Waals surface area contributed by atoms with E-state index in [4.69, 9.17) is 9.47 Å². The summed E-state index contributed by atoms with van der Waals surface area (Å²) >= 11 is 1.45. The van der Waals surface area contributed by atoms with Crippen LogP contribution in [0.5, 0.6) is 11.5 Å². The Hall–Kier alpha value is -2.51. The highest BCUT2D eigenvalue weighted by Crippen LogP contribution is 2.24. The minimum absolute atomic E-state index is 0.236. The average molecular weight is 371 g/mol. The molecule has 0 bridgehead atoms. The van der Waals surface area contributed by atoms with Gasteiger partial charge in [0, 0.05) is 18.4 Å². The topological polar surface area (TPSA) is 69.4 Å². The van der Waals surface area contributed by atoms with Gasteiger partial charge in [-0.25, -0.2) is 0 Å². The lowest BCUT2D eigenvalue weighted by atomic mass is 10.2. The molecule has 1 heterocycles. The molecule has 3 rings (SSSR count). The molecule has 0 amide bonds. The Balaban J connectivity index is 1.56. The van der Waals surface area contributed by atoms with Gasteiger partial charge in [-0.1, -0.05) is 30.0 Å². The van der Waals surface area contributed by atoms with Crippen LogP contribution in [-0.4, -0.2) is 45.4 Å². The molecule has 1 N–H and O–H groups in total. The number of aliphatic hydroxyl groups excluding tert-OH is 1. The predicted octanol–water partition coefficient (Wildman–Crippen LogP) is 3.02. The minimum Gasteiger partial charge on any atom is -0.497 e. The molecule has 0 radical (unpaired) electrons. The molecule has 0 aliphatic heterocycles. The summed E-state index contributed by atoms with van der Waals surface area (Å²) in [6.07, 6.45) is -0.596.